The van der Waals surface area contributed by atoms with E-state index in [0.717, 1.165) is 5.69 Å². The molecule has 0 unspecified atom stereocenters. The molecule has 0 saturated carbocycles. The lowest BCUT2D eigenvalue weighted by atomic mass is 10.1. The van der Waals surface area contributed by atoms with Gasteiger partial charge in [0, 0.05) is 6.20 Å². The Kier molecular flexibility index (Phi) is 1.89. The van der Waals surface area contributed by atoms with Crippen molar-refractivity contribution in [1.29, 1.82) is 0 Å². The smallest absolute Gasteiger partial charge is 0.113 e. The number of aromatic nitrogens is 2. The van der Waals surface area contributed by atoms with Gasteiger partial charge in [0.2, 0.25) is 0 Å². The van der Waals surface area contributed by atoms with E-state index in [1.54, 1.807) is 0 Å². The lowest BCUT2D eigenvalue weighted by Crippen LogP contribution is -1.98. The van der Waals surface area contributed by atoms with Crippen LogP contribution in [0.5, 0.6) is 0 Å². The molecule has 0 aliphatic rings. The van der Waals surface area contributed by atoms with Gasteiger partial charge in [0.25, 0.3) is 0 Å². The molecule has 2 rings (SSSR count). The van der Waals surface area contributed by atoms with Gasteiger partial charge in [0.05, 0.1) is 5.69 Å². The monoisotopic (exact) mass is 171 g/mol. The quantitative estimate of drug-likeness (QED) is 0.643. The van der Waals surface area contributed by atoms with Crippen molar-refractivity contribution in [2.45, 2.75) is 13.8 Å². The van der Waals surface area contributed by atoms with Crippen LogP contribution in [0.2, 0.25) is 0 Å². The van der Waals surface area contributed by atoms with E-state index in [9.17, 15) is 0 Å². The maximum Gasteiger partial charge on any atom is 0.113 e. The molecule has 0 fully saturated rings. The summed E-state index contributed by atoms with van der Waals surface area (Å²) in [7, 11) is 0. The second-order valence-electron chi connectivity index (χ2n) is 3.11. The summed E-state index contributed by atoms with van der Waals surface area (Å²) >= 11 is 0. The third-order valence-corrected chi connectivity index (χ3v) is 2.28. The van der Waals surface area contributed by atoms with Crippen molar-refractivity contribution in [3.8, 4) is 5.69 Å². The van der Waals surface area contributed by atoms with E-state index >= 15 is 0 Å². The first-order chi connectivity index (χ1) is 6.29. The van der Waals surface area contributed by atoms with Crippen LogP contribution in [0.3, 0.4) is 0 Å². The van der Waals surface area contributed by atoms with E-state index in [4.69, 9.17) is 0 Å². The van der Waals surface area contributed by atoms with Gasteiger partial charge in [-0.25, -0.2) is 4.68 Å². The molecular weight excluding hydrogens is 160 g/mol. The molecular formula is C11H11N2. The van der Waals surface area contributed by atoms with Gasteiger partial charge in [0.15, 0.2) is 0 Å². The predicted molar refractivity (Wildman–Crippen MR) is 51.9 cm³/mol. The molecule has 0 spiro atoms. The zero-order chi connectivity index (χ0) is 9.26. The summed E-state index contributed by atoms with van der Waals surface area (Å²) in [5.74, 6) is 0. The van der Waals surface area contributed by atoms with Gasteiger partial charge in [-0.3, -0.25) is 0 Å². The van der Waals surface area contributed by atoms with Crippen LogP contribution < -0.4 is 0 Å². The average Bonchev–Trinajstić information content (AvgIpc) is 2.62. The van der Waals surface area contributed by atoms with Crippen LogP contribution in [0.25, 0.3) is 5.69 Å². The van der Waals surface area contributed by atoms with E-state index < -0.39 is 0 Å². The van der Waals surface area contributed by atoms with Crippen LogP contribution in [0.1, 0.15) is 11.1 Å². The fourth-order valence-corrected chi connectivity index (χ4v) is 1.35. The molecule has 0 bridgehead atoms. The maximum atomic E-state index is 4.08. The van der Waals surface area contributed by atoms with Gasteiger partial charge in [-0.2, -0.15) is 5.10 Å². The third kappa shape index (κ3) is 1.35. The lowest BCUT2D eigenvalue weighted by molar-refractivity contribution is 0.867. The summed E-state index contributed by atoms with van der Waals surface area (Å²) in [6, 6.07) is 8.01. The Labute approximate surface area is 77.8 Å². The number of hydrogen-bond donors (Lipinski definition) is 0. The molecule has 1 radical (unpaired) electrons. The second-order valence-corrected chi connectivity index (χ2v) is 3.11. The molecule has 0 atom stereocenters. The Hall–Kier alpha value is -1.57. The topological polar surface area (TPSA) is 17.8 Å². The molecule has 2 heteroatoms. The van der Waals surface area contributed by atoms with E-state index in [2.05, 4.69) is 37.3 Å². The number of hydrogen-bond acceptors (Lipinski definition) is 1. The normalized spacial score (nSPS) is 10.3. The number of nitrogens with zero attached hydrogens (tertiary/aromatic N) is 2. The van der Waals surface area contributed by atoms with Gasteiger partial charge >= 0.3 is 0 Å². The fraction of sp³-hybridized carbons (Fsp3) is 0.182. The van der Waals surface area contributed by atoms with Crippen LogP contribution in [0.4, 0.5) is 0 Å². The summed E-state index contributed by atoms with van der Waals surface area (Å²) < 4.78 is 1.84. The number of aryl methyl sites for hydroxylation is 1. The standard InChI is InChI=1S/C11H11N2/c1-9-5-3-6-11(10(9)2)13-8-4-7-12-13/h3-6,8H,1-2H3. The van der Waals surface area contributed by atoms with Crippen molar-refractivity contribution in [2.75, 3.05) is 0 Å². The molecule has 2 aromatic rings. The summed E-state index contributed by atoms with van der Waals surface area (Å²) in [4.78, 5) is 0. The molecule has 1 aromatic carbocycles. The molecule has 0 aliphatic heterocycles. The van der Waals surface area contributed by atoms with Crippen LogP contribution in [0.15, 0.2) is 30.5 Å². The van der Waals surface area contributed by atoms with Crippen LogP contribution in [-0.2, 0) is 0 Å². The van der Waals surface area contributed by atoms with Gasteiger partial charge in [-0.15, -0.1) is 0 Å². The zero-order valence-corrected chi connectivity index (χ0v) is 7.78. The van der Waals surface area contributed by atoms with E-state index in [1.165, 1.54) is 11.1 Å². The SMILES string of the molecule is Cc1cccc(-n2cc[c]n2)c1C. The Morgan fingerprint density at radius 1 is 1.31 bits per heavy atom. The van der Waals surface area contributed by atoms with E-state index in [0.29, 0.717) is 0 Å². The Morgan fingerprint density at radius 3 is 2.85 bits per heavy atom. The first kappa shape index (κ1) is 8.05. The highest BCUT2D eigenvalue weighted by atomic mass is 15.3. The summed E-state index contributed by atoms with van der Waals surface area (Å²) in [6.07, 6.45) is 4.69. The van der Waals surface area contributed by atoms with Gasteiger partial charge in [-0.05, 0) is 37.1 Å². The zero-order valence-electron chi connectivity index (χ0n) is 7.78. The number of benzene rings is 1. The highest BCUT2D eigenvalue weighted by molar-refractivity contribution is 5.43. The maximum absolute atomic E-state index is 4.08. The molecule has 0 saturated heterocycles. The Bertz CT molecular complexity index is 402. The fourth-order valence-electron chi connectivity index (χ4n) is 1.35. The minimum Gasteiger partial charge on any atom is -0.240 e. The first-order valence-electron chi connectivity index (χ1n) is 4.27. The predicted octanol–water partition coefficient (Wildman–Crippen LogP) is 2.29. The average molecular weight is 171 g/mol. The molecule has 13 heavy (non-hydrogen) atoms. The minimum atomic E-state index is 1.13. The van der Waals surface area contributed by atoms with Gasteiger partial charge < -0.3 is 0 Å². The van der Waals surface area contributed by atoms with Gasteiger partial charge in [0.1, 0.15) is 6.20 Å². The molecule has 0 N–H and O–H groups in total. The Morgan fingerprint density at radius 2 is 2.15 bits per heavy atom. The van der Waals surface area contributed by atoms with Gasteiger partial charge in [-0.1, -0.05) is 12.1 Å². The second kappa shape index (κ2) is 3.05. The highest BCUT2D eigenvalue weighted by Crippen LogP contribution is 2.15. The third-order valence-electron chi connectivity index (χ3n) is 2.28. The van der Waals surface area contributed by atoms with Crippen LogP contribution >= 0.6 is 0 Å². The Balaban J connectivity index is 2.59. The lowest BCUT2D eigenvalue weighted by Gasteiger charge is -2.07. The summed E-state index contributed by atoms with van der Waals surface area (Å²) in [6.45, 7) is 4.21. The molecule has 65 valence electrons. The first-order valence-corrected chi connectivity index (χ1v) is 4.27. The minimum absolute atomic E-state index is 1.13. The molecule has 0 amide bonds. The van der Waals surface area contributed by atoms with Crippen LogP contribution in [0, 0.1) is 20.0 Å². The summed E-state index contributed by atoms with van der Waals surface area (Å²) in [5, 5.41) is 4.08. The number of rotatable bonds is 1. The molecule has 0 aliphatic carbocycles. The molecule has 2 nitrogen and oxygen atoms in total. The largest absolute Gasteiger partial charge is 0.240 e. The van der Waals surface area contributed by atoms with Crippen molar-refractivity contribution >= 4 is 0 Å². The van der Waals surface area contributed by atoms with Crippen molar-refractivity contribution in [2.24, 2.45) is 0 Å². The van der Waals surface area contributed by atoms with Crippen molar-refractivity contribution in [1.82, 2.24) is 9.78 Å². The van der Waals surface area contributed by atoms with Crippen molar-refractivity contribution < 1.29 is 0 Å². The molecule has 1 heterocycles. The van der Waals surface area contributed by atoms with Crippen molar-refractivity contribution in [3.63, 3.8) is 0 Å². The van der Waals surface area contributed by atoms with Crippen molar-refractivity contribution in [3.05, 3.63) is 47.8 Å². The highest BCUT2D eigenvalue weighted by Gasteiger charge is 2.01. The van der Waals surface area contributed by atoms with E-state index in [-0.39, 0.29) is 0 Å². The molecule has 1 aromatic heterocycles. The van der Waals surface area contributed by atoms with Crippen LogP contribution in [-0.4, -0.2) is 9.78 Å². The summed E-state index contributed by atoms with van der Waals surface area (Å²) in [5.41, 5.74) is 3.67. The van der Waals surface area contributed by atoms with E-state index in [1.807, 2.05) is 23.0 Å².